The minimum Gasteiger partial charge on any atom is -0.497 e. The molecule has 1 aliphatic rings. The molecule has 0 radical (unpaired) electrons. The number of rotatable bonds is 7. The lowest BCUT2D eigenvalue weighted by atomic mass is 10.1. The molecule has 122 valence electrons. The molecule has 1 aliphatic heterocycles. The van der Waals surface area contributed by atoms with E-state index in [-0.39, 0.29) is 25.5 Å². The van der Waals surface area contributed by atoms with Crippen LogP contribution in [0.4, 0.5) is 3.89 Å². The second-order valence-corrected chi connectivity index (χ2v) is 6.55. The largest absolute Gasteiger partial charge is 0.497 e. The van der Waals surface area contributed by atoms with E-state index in [1.54, 1.807) is 31.4 Å². The van der Waals surface area contributed by atoms with Gasteiger partial charge in [0, 0.05) is 18.9 Å². The van der Waals surface area contributed by atoms with Gasteiger partial charge in [-0.05, 0) is 24.3 Å². The number of carbonyl (C=O) groups is 1. The van der Waals surface area contributed by atoms with Crippen LogP contribution in [0.1, 0.15) is 6.42 Å². The van der Waals surface area contributed by atoms with Gasteiger partial charge in [0.25, 0.3) is 0 Å². The Morgan fingerprint density at radius 2 is 1.91 bits per heavy atom. The fourth-order valence-electron chi connectivity index (χ4n) is 2.41. The van der Waals surface area contributed by atoms with E-state index in [0.29, 0.717) is 12.3 Å². The summed E-state index contributed by atoms with van der Waals surface area (Å²) in [5, 5.41) is 0. The van der Waals surface area contributed by atoms with Crippen LogP contribution in [0.3, 0.4) is 0 Å². The number of benzene rings is 1. The van der Waals surface area contributed by atoms with E-state index >= 15 is 0 Å². The van der Waals surface area contributed by atoms with E-state index in [1.165, 1.54) is 4.90 Å². The number of hydrogen-bond acceptors (Lipinski definition) is 5. The molecule has 8 heteroatoms. The first kappa shape index (κ1) is 16.5. The molecule has 1 amide bonds. The molecule has 1 saturated heterocycles. The lowest BCUT2D eigenvalue weighted by molar-refractivity contribution is -0.128. The molecule has 2 rings (SSSR count). The molecule has 22 heavy (non-hydrogen) atoms. The van der Waals surface area contributed by atoms with E-state index in [4.69, 9.17) is 9.47 Å². The SMILES string of the molecule is COc1ccc(OCCN2CC(CS(=O)(=O)F)CC2=O)cc1. The number of hydrogen-bond donors (Lipinski definition) is 0. The van der Waals surface area contributed by atoms with Crippen LogP contribution in [0, 0.1) is 5.92 Å². The fourth-order valence-corrected chi connectivity index (χ4v) is 3.20. The first-order valence-corrected chi connectivity index (χ1v) is 8.39. The van der Waals surface area contributed by atoms with Crippen LogP contribution in [-0.4, -0.2) is 51.8 Å². The summed E-state index contributed by atoms with van der Waals surface area (Å²) in [6, 6.07) is 7.03. The van der Waals surface area contributed by atoms with Gasteiger partial charge in [0.1, 0.15) is 18.1 Å². The van der Waals surface area contributed by atoms with Crippen molar-refractivity contribution in [1.82, 2.24) is 4.90 Å². The minimum absolute atomic E-state index is 0.0612. The number of carbonyl (C=O) groups excluding carboxylic acids is 1. The van der Waals surface area contributed by atoms with Crippen molar-refractivity contribution >= 4 is 16.1 Å². The van der Waals surface area contributed by atoms with Crippen molar-refractivity contribution < 1.29 is 26.6 Å². The second-order valence-electron chi connectivity index (χ2n) is 5.14. The zero-order valence-electron chi connectivity index (χ0n) is 12.2. The Labute approximate surface area is 129 Å². The fraction of sp³-hybridized carbons (Fsp3) is 0.500. The maximum Gasteiger partial charge on any atom is 0.302 e. The highest BCUT2D eigenvalue weighted by molar-refractivity contribution is 7.86. The number of likely N-dealkylation sites (tertiary alicyclic amines) is 1. The highest BCUT2D eigenvalue weighted by Gasteiger charge is 2.32. The summed E-state index contributed by atoms with van der Waals surface area (Å²) in [4.78, 5) is 13.2. The van der Waals surface area contributed by atoms with Gasteiger partial charge in [0.05, 0.1) is 19.4 Å². The highest BCUT2D eigenvalue weighted by Crippen LogP contribution is 2.20. The van der Waals surface area contributed by atoms with Gasteiger partial charge in [-0.25, -0.2) is 0 Å². The van der Waals surface area contributed by atoms with Gasteiger partial charge in [0.15, 0.2) is 0 Å². The molecule has 1 atom stereocenters. The Morgan fingerprint density at radius 3 is 2.50 bits per heavy atom. The van der Waals surface area contributed by atoms with Crippen molar-refractivity contribution in [2.45, 2.75) is 6.42 Å². The first-order chi connectivity index (χ1) is 10.4. The molecule has 1 unspecified atom stereocenters. The molecular weight excluding hydrogens is 313 g/mol. The number of amides is 1. The van der Waals surface area contributed by atoms with E-state index < -0.39 is 21.9 Å². The summed E-state index contributed by atoms with van der Waals surface area (Å²) in [5.41, 5.74) is 0. The predicted molar refractivity (Wildman–Crippen MR) is 78.1 cm³/mol. The maximum atomic E-state index is 12.6. The zero-order chi connectivity index (χ0) is 16.2. The lowest BCUT2D eigenvalue weighted by Gasteiger charge is -2.16. The van der Waals surface area contributed by atoms with Crippen LogP contribution in [0.2, 0.25) is 0 Å². The topological polar surface area (TPSA) is 72.9 Å². The van der Waals surface area contributed by atoms with Crippen molar-refractivity contribution in [2.75, 3.05) is 32.6 Å². The average Bonchev–Trinajstić information content (AvgIpc) is 2.77. The molecule has 1 aromatic rings. The van der Waals surface area contributed by atoms with Gasteiger partial charge < -0.3 is 14.4 Å². The second kappa shape index (κ2) is 6.95. The molecule has 1 fully saturated rings. The van der Waals surface area contributed by atoms with Crippen LogP contribution < -0.4 is 9.47 Å². The van der Waals surface area contributed by atoms with E-state index in [0.717, 1.165) is 5.75 Å². The molecule has 1 heterocycles. The Hall–Kier alpha value is -1.83. The van der Waals surface area contributed by atoms with Crippen LogP contribution in [0.25, 0.3) is 0 Å². The third-order valence-electron chi connectivity index (χ3n) is 3.42. The molecule has 6 nitrogen and oxygen atoms in total. The predicted octanol–water partition coefficient (Wildman–Crippen LogP) is 1.22. The molecule has 0 saturated carbocycles. The smallest absolute Gasteiger partial charge is 0.302 e. The van der Waals surface area contributed by atoms with Crippen molar-refractivity contribution in [3.8, 4) is 11.5 Å². The molecule has 0 N–H and O–H groups in total. The molecular formula is C14H18FNO5S. The van der Waals surface area contributed by atoms with Gasteiger partial charge in [-0.2, -0.15) is 8.42 Å². The van der Waals surface area contributed by atoms with Crippen LogP contribution in [0.15, 0.2) is 24.3 Å². The lowest BCUT2D eigenvalue weighted by Crippen LogP contribution is -2.30. The molecule has 0 aromatic heterocycles. The van der Waals surface area contributed by atoms with Crippen molar-refractivity contribution in [3.63, 3.8) is 0 Å². The van der Waals surface area contributed by atoms with Gasteiger partial charge in [0.2, 0.25) is 5.91 Å². The first-order valence-electron chi connectivity index (χ1n) is 6.84. The quantitative estimate of drug-likeness (QED) is 0.703. The van der Waals surface area contributed by atoms with Crippen LogP contribution in [-0.2, 0) is 15.0 Å². The molecule has 1 aromatic carbocycles. The van der Waals surface area contributed by atoms with Gasteiger partial charge >= 0.3 is 10.2 Å². The molecule has 0 bridgehead atoms. The van der Waals surface area contributed by atoms with Crippen molar-refractivity contribution in [3.05, 3.63) is 24.3 Å². The third kappa shape index (κ3) is 4.87. The highest BCUT2D eigenvalue weighted by atomic mass is 32.3. The summed E-state index contributed by atoms with van der Waals surface area (Å²) in [6.07, 6.45) is 0.0612. The van der Waals surface area contributed by atoms with Crippen molar-refractivity contribution in [2.24, 2.45) is 5.92 Å². The Bertz CT molecular complexity index is 617. The van der Waals surface area contributed by atoms with Gasteiger partial charge in [-0.3, -0.25) is 4.79 Å². The molecule has 0 spiro atoms. The van der Waals surface area contributed by atoms with Crippen molar-refractivity contribution in [1.29, 1.82) is 0 Å². The third-order valence-corrected chi connectivity index (χ3v) is 4.29. The number of methoxy groups -OCH3 is 1. The molecule has 0 aliphatic carbocycles. The van der Waals surface area contributed by atoms with E-state index in [1.807, 2.05) is 0 Å². The average molecular weight is 331 g/mol. The standard InChI is InChI=1S/C14H18FNO5S/c1-20-12-2-4-13(5-3-12)21-7-6-16-9-11(8-14(16)17)10-22(15,18)19/h2-5,11H,6-10H2,1H3. The zero-order valence-corrected chi connectivity index (χ0v) is 13.0. The number of nitrogens with zero attached hydrogens (tertiary/aromatic N) is 1. The monoisotopic (exact) mass is 331 g/mol. The number of ether oxygens (including phenoxy) is 2. The van der Waals surface area contributed by atoms with E-state index in [2.05, 4.69) is 0 Å². The van der Waals surface area contributed by atoms with Crippen LogP contribution >= 0.6 is 0 Å². The Morgan fingerprint density at radius 1 is 1.27 bits per heavy atom. The number of halogens is 1. The normalized spacial score (nSPS) is 18.5. The Balaban J connectivity index is 1.78. The summed E-state index contributed by atoms with van der Waals surface area (Å²) in [7, 11) is -2.97. The summed E-state index contributed by atoms with van der Waals surface area (Å²) >= 11 is 0. The van der Waals surface area contributed by atoms with E-state index in [9.17, 15) is 17.1 Å². The summed E-state index contributed by atoms with van der Waals surface area (Å²) < 4.78 is 44.4. The summed E-state index contributed by atoms with van der Waals surface area (Å²) in [5.74, 6) is 0.109. The van der Waals surface area contributed by atoms with Crippen LogP contribution in [0.5, 0.6) is 11.5 Å². The van der Waals surface area contributed by atoms with Gasteiger partial charge in [-0.15, -0.1) is 3.89 Å². The maximum absolute atomic E-state index is 12.6. The minimum atomic E-state index is -4.55. The summed E-state index contributed by atoms with van der Waals surface area (Å²) in [6.45, 7) is 0.870. The van der Waals surface area contributed by atoms with Gasteiger partial charge in [-0.1, -0.05) is 0 Å². The Kier molecular flexibility index (Phi) is 5.23.